The van der Waals surface area contributed by atoms with E-state index in [-0.39, 0.29) is 21.4 Å². The van der Waals surface area contributed by atoms with Crippen molar-refractivity contribution >= 4 is 27.1 Å². The molecule has 21 heavy (non-hydrogen) atoms. The van der Waals surface area contributed by atoms with Crippen LogP contribution >= 0.6 is 0 Å². The highest BCUT2D eigenvalue weighted by Crippen LogP contribution is 2.27. The number of benzene rings is 2. The number of sulfone groups is 1. The van der Waals surface area contributed by atoms with E-state index in [2.05, 4.69) is 5.32 Å². The van der Waals surface area contributed by atoms with E-state index in [1.165, 1.54) is 31.2 Å². The average molecular weight is 304 g/mol. The monoisotopic (exact) mass is 304 g/mol. The molecule has 0 saturated carbocycles. The largest absolute Gasteiger partial charge is 0.397 e. The van der Waals surface area contributed by atoms with Gasteiger partial charge in [0.2, 0.25) is 15.7 Å². The molecule has 0 bridgehead atoms. The first-order valence-corrected chi connectivity index (χ1v) is 7.78. The van der Waals surface area contributed by atoms with Crippen LogP contribution in [-0.4, -0.2) is 14.3 Å². The Morgan fingerprint density at radius 1 is 1.10 bits per heavy atom. The first kappa shape index (κ1) is 15.1. The molecule has 0 aliphatic rings. The predicted octanol–water partition coefficient (Wildman–Crippen LogP) is 2.37. The number of anilines is 2. The lowest BCUT2D eigenvalue weighted by molar-refractivity contribution is -0.114. The molecule has 2 aromatic carbocycles. The van der Waals surface area contributed by atoms with E-state index in [0.717, 1.165) is 5.56 Å². The second kappa shape index (κ2) is 5.57. The van der Waals surface area contributed by atoms with Gasteiger partial charge in [-0.1, -0.05) is 12.1 Å². The first-order chi connectivity index (χ1) is 9.80. The fourth-order valence-corrected chi connectivity index (χ4v) is 3.31. The van der Waals surface area contributed by atoms with Crippen molar-refractivity contribution in [1.29, 1.82) is 0 Å². The third kappa shape index (κ3) is 3.22. The zero-order valence-corrected chi connectivity index (χ0v) is 12.6. The highest BCUT2D eigenvalue weighted by atomic mass is 32.2. The molecule has 0 aromatic heterocycles. The van der Waals surface area contributed by atoms with Gasteiger partial charge in [0.1, 0.15) is 0 Å². The summed E-state index contributed by atoms with van der Waals surface area (Å²) in [4.78, 5) is 11.4. The molecule has 0 aliphatic heterocycles. The Labute approximate surface area is 123 Å². The van der Waals surface area contributed by atoms with Crippen LogP contribution in [0.2, 0.25) is 0 Å². The van der Waals surface area contributed by atoms with Crippen molar-refractivity contribution in [3.05, 3.63) is 48.0 Å². The van der Waals surface area contributed by atoms with Gasteiger partial charge in [0.25, 0.3) is 0 Å². The maximum atomic E-state index is 12.6. The third-order valence-corrected chi connectivity index (χ3v) is 4.69. The molecule has 5 nitrogen and oxygen atoms in total. The Morgan fingerprint density at radius 3 is 2.38 bits per heavy atom. The molecule has 0 fully saturated rings. The van der Waals surface area contributed by atoms with Crippen molar-refractivity contribution in [2.24, 2.45) is 0 Å². The van der Waals surface area contributed by atoms with Crippen molar-refractivity contribution in [3.63, 3.8) is 0 Å². The minimum Gasteiger partial charge on any atom is -0.397 e. The van der Waals surface area contributed by atoms with Gasteiger partial charge >= 0.3 is 0 Å². The summed E-state index contributed by atoms with van der Waals surface area (Å²) < 4.78 is 25.2. The molecule has 0 radical (unpaired) electrons. The summed E-state index contributed by atoms with van der Waals surface area (Å²) in [6.45, 7) is 3.16. The van der Waals surface area contributed by atoms with E-state index in [4.69, 9.17) is 5.73 Å². The molecule has 0 heterocycles. The summed E-state index contributed by atoms with van der Waals surface area (Å²) in [6, 6.07) is 10.9. The van der Waals surface area contributed by atoms with Crippen molar-refractivity contribution in [2.75, 3.05) is 11.1 Å². The normalized spacial score (nSPS) is 11.1. The number of amides is 1. The lowest BCUT2D eigenvalue weighted by Crippen LogP contribution is -2.10. The number of aryl methyl sites for hydroxylation is 1. The van der Waals surface area contributed by atoms with E-state index >= 15 is 0 Å². The summed E-state index contributed by atoms with van der Waals surface area (Å²) in [7, 11) is -3.64. The maximum absolute atomic E-state index is 12.6. The summed E-state index contributed by atoms with van der Waals surface area (Å²) >= 11 is 0. The van der Waals surface area contributed by atoms with Crippen molar-refractivity contribution in [2.45, 2.75) is 23.6 Å². The van der Waals surface area contributed by atoms with Crippen LogP contribution in [0.3, 0.4) is 0 Å². The van der Waals surface area contributed by atoms with Gasteiger partial charge in [-0.2, -0.15) is 0 Å². The van der Waals surface area contributed by atoms with Crippen LogP contribution in [0.25, 0.3) is 0 Å². The quantitative estimate of drug-likeness (QED) is 0.852. The van der Waals surface area contributed by atoms with Gasteiger partial charge < -0.3 is 11.1 Å². The third-order valence-electron chi connectivity index (χ3n) is 2.95. The molecule has 6 heteroatoms. The number of carbonyl (C=O) groups excluding carboxylic acids is 1. The molecule has 0 unspecified atom stereocenters. The highest BCUT2D eigenvalue weighted by Gasteiger charge is 2.19. The van der Waals surface area contributed by atoms with Crippen LogP contribution in [0.4, 0.5) is 11.4 Å². The van der Waals surface area contributed by atoms with Crippen LogP contribution in [0.15, 0.2) is 52.3 Å². The molecule has 0 spiro atoms. The van der Waals surface area contributed by atoms with Crippen LogP contribution in [0.1, 0.15) is 12.5 Å². The fraction of sp³-hybridized carbons (Fsp3) is 0.133. The zero-order chi connectivity index (χ0) is 15.6. The van der Waals surface area contributed by atoms with Gasteiger partial charge in [-0.15, -0.1) is 0 Å². The lowest BCUT2D eigenvalue weighted by Gasteiger charge is -2.10. The van der Waals surface area contributed by atoms with E-state index < -0.39 is 9.84 Å². The van der Waals surface area contributed by atoms with Crippen LogP contribution < -0.4 is 11.1 Å². The second-order valence-corrected chi connectivity index (χ2v) is 6.70. The number of hydrogen-bond acceptors (Lipinski definition) is 4. The van der Waals surface area contributed by atoms with Gasteiger partial charge in [-0.3, -0.25) is 4.79 Å². The smallest absolute Gasteiger partial charge is 0.221 e. The van der Waals surface area contributed by atoms with Crippen molar-refractivity contribution in [3.8, 4) is 0 Å². The number of nitrogen functional groups attached to an aromatic ring is 1. The number of carbonyl (C=O) groups is 1. The average Bonchev–Trinajstić information content (AvgIpc) is 2.40. The van der Waals surface area contributed by atoms with Gasteiger partial charge in [0.15, 0.2) is 0 Å². The van der Waals surface area contributed by atoms with Gasteiger partial charge in [-0.05, 0) is 42.8 Å². The minimum absolute atomic E-state index is 0.0889. The van der Waals surface area contributed by atoms with E-state index in [0.29, 0.717) is 5.69 Å². The molecule has 3 N–H and O–H groups in total. The summed E-state index contributed by atoms with van der Waals surface area (Å²) in [5.41, 5.74) is 7.19. The number of nitrogens with one attached hydrogen (secondary N) is 1. The standard InChI is InChI=1S/C15H16N2O3S/c1-10-4-3-5-12(8-10)21(19,20)13-6-7-14(16)15(9-13)17-11(2)18/h3-9H,16H2,1-2H3,(H,17,18). The zero-order valence-electron chi connectivity index (χ0n) is 11.8. The van der Waals surface area contributed by atoms with E-state index in [1.807, 2.05) is 13.0 Å². The minimum atomic E-state index is -3.64. The van der Waals surface area contributed by atoms with Crippen molar-refractivity contribution in [1.82, 2.24) is 0 Å². The molecule has 110 valence electrons. The Hall–Kier alpha value is -2.34. The SMILES string of the molecule is CC(=O)Nc1cc(S(=O)(=O)c2cccc(C)c2)ccc1N. The topological polar surface area (TPSA) is 89.3 Å². The Bertz CT molecular complexity index is 798. The number of nitrogens with two attached hydrogens (primary N) is 1. The highest BCUT2D eigenvalue weighted by molar-refractivity contribution is 7.91. The molecule has 0 aliphatic carbocycles. The molecule has 0 saturated heterocycles. The summed E-state index contributed by atoms with van der Waals surface area (Å²) in [6.07, 6.45) is 0. The van der Waals surface area contributed by atoms with Crippen molar-refractivity contribution < 1.29 is 13.2 Å². The van der Waals surface area contributed by atoms with Gasteiger partial charge in [0.05, 0.1) is 21.2 Å². The lowest BCUT2D eigenvalue weighted by atomic mass is 10.2. The summed E-state index contributed by atoms with van der Waals surface area (Å²) in [5.74, 6) is -0.313. The molecule has 2 rings (SSSR count). The van der Waals surface area contributed by atoms with Gasteiger partial charge in [-0.25, -0.2) is 8.42 Å². The Balaban J connectivity index is 2.53. The molecule has 2 aromatic rings. The Kier molecular flexibility index (Phi) is 3.99. The van der Waals surface area contributed by atoms with E-state index in [9.17, 15) is 13.2 Å². The predicted molar refractivity (Wildman–Crippen MR) is 81.8 cm³/mol. The molecular weight excluding hydrogens is 288 g/mol. The van der Waals surface area contributed by atoms with Crippen LogP contribution in [0.5, 0.6) is 0 Å². The molecular formula is C15H16N2O3S. The van der Waals surface area contributed by atoms with Crippen LogP contribution in [0, 0.1) is 6.92 Å². The van der Waals surface area contributed by atoms with E-state index in [1.54, 1.807) is 12.1 Å². The fourth-order valence-electron chi connectivity index (χ4n) is 1.92. The summed E-state index contributed by atoms with van der Waals surface area (Å²) in [5, 5.41) is 2.52. The number of hydrogen-bond donors (Lipinski definition) is 2. The first-order valence-electron chi connectivity index (χ1n) is 6.29. The maximum Gasteiger partial charge on any atom is 0.221 e. The van der Waals surface area contributed by atoms with Gasteiger partial charge in [0, 0.05) is 6.92 Å². The Morgan fingerprint density at radius 2 is 1.76 bits per heavy atom. The second-order valence-electron chi connectivity index (χ2n) is 4.75. The number of rotatable bonds is 3. The van der Waals surface area contributed by atoms with Crippen LogP contribution in [-0.2, 0) is 14.6 Å². The molecule has 0 atom stereocenters. The molecule has 1 amide bonds.